The highest BCUT2D eigenvalue weighted by atomic mass is 32.2. The first kappa shape index (κ1) is 17.0. The molecule has 2 aromatic heterocycles. The fourth-order valence-electron chi connectivity index (χ4n) is 3.00. The van der Waals surface area contributed by atoms with Gasteiger partial charge in [0.25, 0.3) is 0 Å². The van der Waals surface area contributed by atoms with E-state index in [0.717, 1.165) is 5.56 Å². The van der Waals surface area contributed by atoms with Crippen molar-refractivity contribution >= 4 is 15.7 Å². The number of morpholine rings is 1. The summed E-state index contributed by atoms with van der Waals surface area (Å²) in [5.74, 6) is 0. The van der Waals surface area contributed by atoms with Gasteiger partial charge < -0.3 is 4.74 Å². The van der Waals surface area contributed by atoms with Gasteiger partial charge in [-0.05, 0) is 17.7 Å². The maximum Gasteiger partial charge on any atom is 0.350 e. The van der Waals surface area contributed by atoms with Crippen molar-refractivity contribution in [2.24, 2.45) is 0 Å². The standard InChI is InChI=1S/C17H18N4O4S/c22-17-20-8-4-7-15(26(23,24)19-9-11-25-12-10-19)16(20)18-21(17)13-14-5-2-1-3-6-14/h1-8H,9-13H2. The van der Waals surface area contributed by atoms with Gasteiger partial charge in [-0.2, -0.15) is 4.31 Å². The minimum atomic E-state index is -3.75. The molecule has 0 unspecified atom stereocenters. The summed E-state index contributed by atoms with van der Waals surface area (Å²) in [6.45, 7) is 1.57. The molecule has 1 fully saturated rings. The largest absolute Gasteiger partial charge is 0.379 e. The summed E-state index contributed by atoms with van der Waals surface area (Å²) < 4.78 is 35.1. The van der Waals surface area contributed by atoms with Crippen LogP contribution >= 0.6 is 0 Å². The van der Waals surface area contributed by atoms with Crippen LogP contribution in [0.2, 0.25) is 0 Å². The number of benzene rings is 1. The third-order valence-electron chi connectivity index (χ3n) is 4.34. The highest BCUT2D eigenvalue weighted by molar-refractivity contribution is 7.89. The van der Waals surface area contributed by atoms with Crippen molar-refractivity contribution in [3.63, 3.8) is 0 Å². The zero-order valence-corrected chi connectivity index (χ0v) is 14.8. The lowest BCUT2D eigenvalue weighted by Crippen LogP contribution is -2.40. The molecule has 3 heterocycles. The third kappa shape index (κ3) is 2.94. The Hall–Kier alpha value is -2.49. The Kier molecular flexibility index (Phi) is 4.35. The van der Waals surface area contributed by atoms with Crippen LogP contribution in [0.4, 0.5) is 0 Å². The lowest BCUT2D eigenvalue weighted by Gasteiger charge is -2.25. The van der Waals surface area contributed by atoms with Crippen molar-refractivity contribution in [3.05, 3.63) is 64.7 Å². The molecule has 8 nitrogen and oxygen atoms in total. The molecule has 0 radical (unpaired) electrons. The minimum Gasteiger partial charge on any atom is -0.379 e. The van der Waals surface area contributed by atoms with Gasteiger partial charge in [0.1, 0.15) is 4.90 Å². The van der Waals surface area contributed by atoms with Gasteiger partial charge in [-0.1, -0.05) is 30.3 Å². The smallest absolute Gasteiger partial charge is 0.350 e. The van der Waals surface area contributed by atoms with Crippen LogP contribution in [0.15, 0.2) is 58.4 Å². The molecule has 1 saturated heterocycles. The van der Waals surface area contributed by atoms with Crippen LogP contribution in [0, 0.1) is 0 Å². The van der Waals surface area contributed by atoms with Gasteiger partial charge in [0.2, 0.25) is 10.0 Å². The highest BCUT2D eigenvalue weighted by Gasteiger charge is 2.29. The summed E-state index contributed by atoms with van der Waals surface area (Å²) in [4.78, 5) is 12.7. The number of fused-ring (bicyclic) bond motifs is 1. The van der Waals surface area contributed by atoms with Crippen molar-refractivity contribution in [2.75, 3.05) is 26.3 Å². The van der Waals surface area contributed by atoms with E-state index in [-0.39, 0.29) is 22.8 Å². The molecular weight excluding hydrogens is 356 g/mol. The number of pyridine rings is 1. The second-order valence-electron chi connectivity index (χ2n) is 6.01. The zero-order valence-electron chi connectivity index (χ0n) is 14.0. The normalized spacial score (nSPS) is 16.2. The summed E-state index contributed by atoms with van der Waals surface area (Å²) >= 11 is 0. The van der Waals surface area contributed by atoms with Gasteiger partial charge in [-0.3, -0.25) is 0 Å². The van der Waals surface area contributed by atoms with Gasteiger partial charge in [0.15, 0.2) is 5.65 Å². The molecule has 26 heavy (non-hydrogen) atoms. The molecule has 136 valence electrons. The SMILES string of the molecule is O=c1n(Cc2ccccc2)nc2c(S(=O)(=O)N3CCOCC3)cccn12. The summed E-state index contributed by atoms with van der Waals surface area (Å²) in [5, 5.41) is 4.30. The molecule has 4 rings (SSSR count). The fraction of sp³-hybridized carbons (Fsp3) is 0.294. The van der Waals surface area contributed by atoms with E-state index in [9.17, 15) is 13.2 Å². The van der Waals surface area contributed by atoms with E-state index in [2.05, 4.69) is 5.10 Å². The van der Waals surface area contributed by atoms with Crippen molar-refractivity contribution < 1.29 is 13.2 Å². The molecule has 1 aliphatic rings. The average Bonchev–Trinajstić information content (AvgIpc) is 2.99. The summed E-state index contributed by atoms with van der Waals surface area (Å²) in [6.07, 6.45) is 1.53. The first-order valence-corrected chi connectivity index (χ1v) is 9.71. The quantitative estimate of drug-likeness (QED) is 0.666. The van der Waals surface area contributed by atoms with E-state index in [1.807, 2.05) is 30.3 Å². The number of hydrogen-bond donors (Lipinski definition) is 0. The van der Waals surface area contributed by atoms with Crippen molar-refractivity contribution in [2.45, 2.75) is 11.4 Å². The minimum absolute atomic E-state index is 0.0332. The molecule has 0 bridgehead atoms. The van der Waals surface area contributed by atoms with Crippen molar-refractivity contribution in [3.8, 4) is 0 Å². The monoisotopic (exact) mass is 374 g/mol. The number of sulfonamides is 1. The van der Waals surface area contributed by atoms with Gasteiger partial charge in [0, 0.05) is 19.3 Å². The van der Waals surface area contributed by atoms with Gasteiger partial charge in [0.05, 0.1) is 19.8 Å². The molecule has 0 N–H and O–H groups in total. The molecule has 3 aromatic rings. The van der Waals surface area contributed by atoms with Crippen LogP contribution in [0.1, 0.15) is 5.56 Å². The van der Waals surface area contributed by atoms with Crippen LogP contribution < -0.4 is 5.69 Å². The van der Waals surface area contributed by atoms with E-state index in [1.165, 1.54) is 25.7 Å². The van der Waals surface area contributed by atoms with E-state index in [1.54, 1.807) is 6.07 Å². The number of aromatic nitrogens is 3. The molecule has 0 atom stereocenters. The first-order valence-electron chi connectivity index (χ1n) is 8.27. The van der Waals surface area contributed by atoms with E-state index < -0.39 is 10.0 Å². The summed E-state index contributed by atoms with van der Waals surface area (Å²) in [5.41, 5.74) is 0.679. The highest BCUT2D eigenvalue weighted by Crippen LogP contribution is 2.20. The van der Waals surface area contributed by atoms with Crippen molar-refractivity contribution in [1.29, 1.82) is 0 Å². The lowest BCUT2D eigenvalue weighted by molar-refractivity contribution is 0.0730. The molecule has 0 spiro atoms. The third-order valence-corrected chi connectivity index (χ3v) is 6.26. The molecule has 0 saturated carbocycles. The van der Waals surface area contributed by atoms with Crippen molar-refractivity contribution in [1.82, 2.24) is 18.5 Å². The number of nitrogens with zero attached hydrogens (tertiary/aromatic N) is 4. The van der Waals surface area contributed by atoms with Crippen LogP contribution in [0.25, 0.3) is 5.65 Å². The Bertz CT molecular complexity index is 1080. The molecule has 1 aromatic carbocycles. The first-order chi connectivity index (χ1) is 12.6. The van der Waals surface area contributed by atoms with Crippen LogP contribution in [0.3, 0.4) is 0 Å². The molecule has 1 aliphatic heterocycles. The molecule has 9 heteroatoms. The molecule has 0 aliphatic carbocycles. The van der Waals surface area contributed by atoms with Gasteiger partial charge >= 0.3 is 5.69 Å². The summed E-state index contributed by atoms with van der Waals surface area (Å²) in [7, 11) is -3.75. The van der Waals surface area contributed by atoms with E-state index >= 15 is 0 Å². The van der Waals surface area contributed by atoms with Gasteiger partial charge in [-0.15, -0.1) is 5.10 Å². The fourth-order valence-corrected chi connectivity index (χ4v) is 4.53. The Balaban J connectivity index is 1.79. The second kappa shape index (κ2) is 6.67. The predicted molar refractivity (Wildman–Crippen MR) is 94.6 cm³/mol. The van der Waals surface area contributed by atoms with Crippen LogP contribution in [-0.2, 0) is 21.3 Å². The number of ether oxygens (including phenoxy) is 1. The lowest BCUT2D eigenvalue weighted by atomic mass is 10.2. The molecule has 0 amide bonds. The van der Waals surface area contributed by atoms with E-state index in [0.29, 0.717) is 26.3 Å². The second-order valence-corrected chi connectivity index (χ2v) is 7.91. The average molecular weight is 374 g/mol. The maximum absolute atomic E-state index is 13.0. The van der Waals surface area contributed by atoms with Gasteiger partial charge in [-0.25, -0.2) is 22.3 Å². The topological polar surface area (TPSA) is 85.9 Å². The van der Waals surface area contributed by atoms with E-state index in [4.69, 9.17) is 4.74 Å². The summed E-state index contributed by atoms with van der Waals surface area (Å²) in [6, 6.07) is 12.5. The van der Waals surface area contributed by atoms with Crippen LogP contribution in [-0.4, -0.2) is 53.2 Å². The maximum atomic E-state index is 13.0. The van der Waals surface area contributed by atoms with Crippen LogP contribution in [0.5, 0.6) is 0 Å². The molecular formula is C17H18N4O4S. The number of hydrogen-bond acceptors (Lipinski definition) is 5. The number of rotatable bonds is 4. The Morgan fingerprint density at radius 2 is 1.77 bits per heavy atom. The Morgan fingerprint density at radius 1 is 1.04 bits per heavy atom. The zero-order chi connectivity index (χ0) is 18.1. The Morgan fingerprint density at radius 3 is 2.50 bits per heavy atom. The predicted octanol–water partition coefficient (Wildman–Crippen LogP) is 0.565. The Labute approximate surface area is 150 Å².